The Labute approximate surface area is 148 Å². The van der Waals surface area contributed by atoms with Crippen LogP contribution in [0.25, 0.3) is 0 Å². The molecule has 1 heterocycles. The zero-order valence-corrected chi connectivity index (χ0v) is 15.0. The summed E-state index contributed by atoms with van der Waals surface area (Å²) in [6, 6.07) is 8.18. The standard InChI is InChI=1S/C19H26N2O4/c1-19(2,3)16(17(23)21-11-7-10-15(21)12-22)20-18(24)25-13-14-8-5-4-6-9-14/h4-6,8-9,12,15-16H,7,10-11,13H2,1-3H3,(H,20,24)/t15-,16+/m0/s1. The number of nitrogens with one attached hydrogen (secondary N) is 1. The van der Waals surface area contributed by atoms with Gasteiger partial charge in [-0.25, -0.2) is 4.79 Å². The van der Waals surface area contributed by atoms with E-state index in [0.29, 0.717) is 13.0 Å². The molecule has 0 aromatic heterocycles. The summed E-state index contributed by atoms with van der Waals surface area (Å²) < 4.78 is 5.23. The zero-order valence-electron chi connectivity index (χ0n) is 15.0. The van der Waals surface area contributed by atoms with Gasteiger partial charge in [0.25, 0.3) is 0 Å². The quantitative estimate of drug-likeness (QED) is 0.831. The summed E-state index contributed by atoms with van der Waals surface area (Å²) >= 11 is 0. The molecule has 0 saturated carbocycles. The molecule has 1 aromatic rings. The van der Waals surface area contributed by atoms with Gasteiger partial charge in [0.05, 0.1) is 6.04 Å². The monoisotopic (exact) mass is 346 g/mol. The van der Waals surface area contributed by atoms with Crippen LogP contribution in [0, 0.1) is 5.41 Å². The van der Waals surface area contributed by atoms with E-state index in [1.807, 2.05) is 51.1 Å². The molecule has 1 saturated heterocycles. The molecular weight excluding hydrogens is 320 g/mol. The lowest BCUT2D eigenvalue weighted by atomic mass is 9.85. The summed E-state index contributed by atoms with van der Waals surface area (Å²) in [5.74, 6) is -0.237. The van der Waals surface area contributed by atoms with Crippen molar-refractivity contribution in [2.75, 3.05) is 6.54 Å². The lowest BCUT2D eigenvalue weighted by molar-refractivity contribution is -0.138. The summed E-state index contributed by atoms with van der Waals surface area (Å²) in [7, 11) is 0. The maximum Gasteiger partial charge on any atom is 0.408 e. The third-order valence-corrected chi connectivity index (χ3v) is 4.33. The first-order valence-electron chi connectivity index (χ1n) is 8.56. The Kier molecular flexibility index (Phi) is 6.17. The number of hydrogen-bond donors (Lipinski definition) is 1. The van der Waals surface area contributed by atoms with Gasteiger partial charge >= 0.3 is 6.09 Å². The number of ether oxygens (including phenoxy) is 1. The number of hydrogen-bond acceptors (Lipinski definition) is 4. The number of amides is 2. The molecule has 2 rings (SSSR count). The minimum absolute atomic E-state index is 0.137. The molecule has 2 atom stereocenters. The van der Waals surface area contributed by atoms with Gasteiger partial charge < -0.3 is 19.7 Å². The Hall–Kier alpha value is -2.37. The third kappa shape index (κ3) is 5.05. The summed E-state index contributed by atoms with van der Waals surface area (Å²) in [6.07, 6.45) is 1.63. The number of aldehydes is 1. The molecule has 2 amide bonds. The van der Waals surface area contributed by atoms with Gasteiger partial charge in [-0.05, 0) is 23.8 Å². The Balaban J connectivity index is 2.01. The normalized spacial score (nSPS) is 18.5. The van der Waals surface area contributed by atoms with Crippen molar-refractivity contribution in [3.63, 3.8) is 0 Å². The van der Waals surface area contributed by atoms with Gasteiger partial charge in [-0.1, -0.05) is 51.1 Å². The second kappa shape index (κ2) is 8.14. The minimum atomic E-state index is -0.753. The smallest absolute Gasteiger partial charge is 0.408 e. The van der Waals surface area contributed by atoms with Crippen molar-refractivity contribution < 1.29 is 19.1 Å². The highest BCUT2D eigenvalue weighted by Crippen LogP contribution is 2.25. The Morgan fingerprint density at radius 3 is 2.60 bits per heavy atom. The van der Waals surface area contributed by atoms with Gasteiger partial charge in [0.15, 0.2) is 0 Å². The van der Waals surface area contributed by atoms with Crippen LogP contribution in [0.1, 0.15) is 39.2 Å². The fourth-order valence-corrected chi connectivity index (χ4v) is 2.90. The molecule has 1 N–H and O–H groups in total. The lowest BCUT2D eigenvalue weighted by Crippen LogP contribution is -2.56. The third-order valence-electron chi connectivity index (χ3n) is 4.33. The SMILES string of the molecule is CC(C)(C)[C@H](NC(=O)OCc1ccccc1)C(=O)N1CCC[C@H]1C=O. The van der Waals surface area contributed by atoms with Gasteiger partial charge in [-0.3, -0.25) is 4.79 Å². The van der Waals surface area contributed by atoms with Crippen molar-refractivity contribution >= 4 is 18.3 Å². The highest BCUT2D eigenvalue weighted by molar-refractivity contribution is 5.88. The predicted molar refractivity (Wildman–Crippen MR) is 93.8 cm³/mol. The van der Waals surface area contributed by atoms with Crippen molar-refractivity contribution in [3.05, 3.63) is 35.9 Å². The molecule has 25 heavy (non-hydrogen) atoms. The summed E-state index contributed by atoms with van der Waals surface area (Å²) in [4.78, 5) is 37.8. The number of alkyl carbamates (subject to hydrolysis) is 1. The van der Waals surface area contributed by atoms with E-state index in [1.54, 1.807) is 4.90 Å². The van der Waals surface area contributed by atoms with Gasteiger partial charge in [0, 0.05) is 6.54 Å². The fourth-order valence-electron chi connectivity index (χ4n) is 2.90. The number of nitrogens with zero attached hydrogens (tertiary/aromatic N) is 1. The molecule has 0 bridgehead atoms. The molecule has 6 heteroatoms. The second-order valence-electron chi connectivity index (χ2n) is 7.38. The van der Waals surface area contributed by atoms with Crippen LogP contribution >= 0.6 is 0 Å². The van der Waals surface area contributed by atoms with Crippen LogP contribution in [0.3, 0.4) is 0 Å². The number of carbonyl (C=O) groups excluding carboxylic acids is 3. The Morgan fingerprint density at radius 1 is 1.32 bits per heavy atom. The first kappa shape index (κ1) is 19.0. The molecule has 6 nitrogen and oxygen atoms in total. The van der Waals surface area contributed by atoms with Crippen LogP contribution in [0.4, 0.5) is 4.79 Å². The van der Waals surface area contributed by atoms with Gasteiger partial charge in [-0.15, -0.1) is 0 Å². The predicted octanol–water partition coefficient (Wildman–Crippen LogP) is 2.52. The first-order valence-corrected chi connectivity index (χ1v) is 8.56. The van der Waals surface area contributed by atoms with Gasteiger partial charge in [0.1, 0.15) is 18.9 Å². The second-order valence-corrected chi connectivity index (χ2v) is 7.38. The number of likely N-dealkylation sites (tertiary alicyclic amines) is 1. The number of carbonyl (C=O) groups is 3. The minimum Gasteiger partial charge on any atom is -0.445 e. The van der Waals surface area contributed by atoms with Crippen molar-refractivity contribution in [3.8, 4) is 0 Å². The molecule has 0 spiro atoms. The fraction of sp³-hybridized carbons (Fsp3) is 0.526. The Morgan fingerprint density at radius 2 is 2.00 bits per heavy atom. The molecule has 0 aliphatic carbocycles. The highest BCUT2D eigenvalue weighted by Gasteiger charge is 2.39. The molecule has 0 unspecified atom stereocenters. The topological polar surface area (TPSA) is 75.7 Å². The van der Waals surface area contributed by atoms with Crippen LogP contribution in [0.5, 0.6) is 0 Å². The van der Waals surface area contributed by atoms with E-state index in [2.05, 4.69) is 5.32 Å². The zero-order chi connectivity index (χ0) is 18.4. The summed E-state index contributed by atoms with van der Waals surface area (Å²) in [5, 5.41) is 2.68. The van der Waals surface area contributed by atoms with E-state index in [9.17, 15) is 14.4 Å². The first-order chi connectivity index (χ1) is 11.8. The van der Waals surface area contributed by atoms with Gasteiger partial charge in [-0.2, -0.15) is 0 Å². The maximum absolute atomic E-state index is 12.9. The van der Waals surface area contributed by atoms with E-state index in [-0.39, 0.29) is 12.5 Å². The lowest BCUT2D eigenvalue weighted by Gasteiger charge is -2.34. The van der Waals surface area contributed by atoms with Crippen LogP contribution in [0.2, 0.25) is 0 Å². The summed E-state index contributed by atoms with van der Waals surface area (Å²) in [5.41, 5.74) is 0.371. The van der Waals surface area contributed by atoms with Crippen LogP contribution in [-0.2, 0) is 20.9 Å². The molecule has 0 radical (unpaired) electrons. The molecule has 1 aliphatic heterocycles. The van der Waals surface area contributed by atoms with Crippen molar-refractivity contribution in [2.45, 2.75) is 52.3 Å². The Bertz CT molecular complexity index is 610. The number of rotatable bonds is 5. The van der Waals surface area contributed by atoms with E-state index in [4.69, 9.17) is 4.74 Å². The maximum atomic E-state index is 12.9. The summed E-state index contributed by atoms with van der Waals surface area (Å²) in [6.45, 7) is 6.30. The van der Waals surface area contributed by atoms with Crippen molar-refractivity contribution in [1.82, 2.24) is 10.2 Å². The van der Waals surface area contributed by atoms with E-state index < -0.39 is 23.6 Å². The largest absolute Gasteiger partial charge is 0.445 e. The molecule has 1 aliphatic rings. The van der Waals surface area contributed by atoms with E-state index in [1.165, 1.54) is 0 Å². The van der Waals surface area contributed by atoms with Crippen LogP contribution < -0.4 is 5.32 Å². The molecule has 136 valence electrons. The van der Waals surface area contributed by atoms with E-state index >= 15 is 0 Å². The average molecular weight is 346 g/mol. The molecule has 1 aromatic carbocycles. The van der Waals surface area contributed by atoms with Crippen LogP contribution in [-0.4, -0.2) is 41.8 Å². The number of benzene rings is 1. The highest BCUT2D eigenvalue weighted by atomic mass is 16.5. The molecular formula is C19H26N2O4. The average Bonchev–Trinajstić information content (AvgIpc) is 3.06. The van der Waals surface area contributed by atoms with Crippen molar-refractivity contribution in [1.29, 1.82) is 0 Å². The van der Waals surface area contributed by atoms with Gasteiger partial charge in [0.2, 0.25) is 5.91 Å². The van der Waals surface area contributed by atoms with E-state index in [0.717, 1.165) is 18.3 Å². The molecule has 1 fully saturated rings. The van der Waals surface area contributed by atoms with Crippen molar-refractivity contribution in [2.24, 2.45) is 5.41 Å². The van der Waals surface area contributed by atoms with Crippen LogP contribution in [0.15, 0.2) is 30.3 Å².